The standard InChI is InChI=1S/C17H23N5OS/c1-11-6-12(2)20-21-16(11)7-14-4-5-22(9-14)10-15-8-18-17(24-15)19-13(3)23/h6,8,14H,4-5,7,9-10H2,1-3H3,(H,18,19,23). The van der Waals surface area contributed by atoms with Crippen molar-refractivity contribution in [1.82, 2.24) is 20.1 Å². The molecule has 1 atom stereocenters. The Kier molecular flexibility index (Phi) is 5.20. The zero-order chi connectivity index (χ0) is 17.1. The van der Waals surface area contributed by atoms with Gasteiger partial charge in [0, 0.05) is 31.1 Å². The third kappa shape index (κ3) is 4.36. The van der Waals surface area contributed by atoms with Gasteiger partial charge in [0.1, 0.15) is 0 Å². The van der Waals surface area contributed by atoms with E-state index in [4.69, 9.17) is 0 Å². The van der Waals surface area contributed by atoms with Gasteiger partial charge >= 0.3 is 0 Å². The second-order valence-electron chi connectivity index (χ2n) is 6.52. The van der Waals surface area contributed by atoms with E-state index >= 15 is 0 Å². The molecule has 0 aliphatic carbocycles. The van der Waals surface area contributed by atoms with Gasteiger partial charge in [-0.15, -0.1) is 11.3 Å². The summed E-state index contributed by atoms with van der Waals surface area (Å²) < 4.78 is 0. The van der Waals surface area contributed by atoms with Gasteiger partial charge in [-0.3, -0.25) is 9.69 Å². The molecule has 0 saturated carbocycles. The Labute approximate surface area is 146 Å². The largest absolute Gasteiger partial charge is 0.302 e. The summed E-state index contributed by atoms with van der Waals surface area (Å²) in [6, 6.07) is 2.11. The van der Waals surface area contributed by atoms with Crippen molar-refractivity contribution in [2.75, 3.05) is 18.4 Å². The summed E-state index contributed by atoms with van der Waals surface area (Å²) in [7, 11) is 0. The SMILES string of the molecule is CC(=O)Nc1ncc(CN2CCC(Cc3nnc(C)cc3C)C2)s1. The zero-order valence-corrected chi connectivity index (χ0v) is 15.2. The van der Waals surface area contributed by atoms with Gasteiger partial charge in [-0.05, 0) is 50.8 Å². The van der Waals surface area contributed by atoms with Gasteiger partial charge in [-0.25, -0.2) is 4.98 Å². The lowest BCUT2D eigenvalue weighted by Crippen LogP contribution is -2.20. The fraction of sp³-hybridized carbons (Fsp3) is 0.529. The summed E-state index contributed by atoms with van der Waals surface area (Å²) in [5, 5.41) is 12.0. The van der Waals surface area contributed by atoms with Crippen molar-refractivity contribution in [2.45, 2.75) is 40.2 Å². The number of nitrogens with one attached hydrogen (secondary N) is 1. The van der Waals surface area contributed by atoms with Gasteiger partial charge in [0.05, 0.1) is 11.4 Å². The Balaban J connectivity index is 1.53. The summed E-state index contributed by atoms with van der Waals surface area (Å²) in [5.74, 6) is 0.551. The Hall–Kier alpha value is -1.86. The van der Waals surface area contributed by atoms with Crippen molar-refractivity contribution in [3.8, 4) is 0 Å². The zero-order valence-electron chi connectivity index (χ0n) is 14.4. The molecular weight excluding hydrogens is 322 g/mol. The number of anilines is 1. The van der Waals surface area contributed by atoms with E-state index < -0.39 is 0 Å². The molecule has 0 radical (unpaired) electrons. The third-order valence-electron chi connectivity index (χ3n) is 4.28. The molecule has 3 heterocycles. The van der Waals surface area contributed by atoms with E-state index in [0.29, 0.717) is 11.0 Å². The molecule has 3 rings (SSSR count). The molecule has 1 unspecified atom stereocenters. The average Bonchev–Trinajstić information content (AvgIpc) is 3.12. The summed E-state index contributed by atoms with van der Waals surface area (Å²) in [4.78, 5) is 18.9. The lowest BCUT2D eigenvalue weighted by atomic mass is 10.00. The Morgan fingerprint density at radius 3 is 3.00 bits per heavy atom. The fourth-order valence-electron chi connectivity index (χ4n) is 3.15. The summed E-state index contributed by atoms with van der Waals surface area (Å²) >= 11 is 1.55. The van der Waals surface area contributed by atoms with Crippen LogP contribution in [0.4, 0.5) is 5.13 Å². The first-order valence-corrected chi connectivity index (χ1v) is 9.05. The third-order valence-corrected chi connectivity index (χ3v) is 5.17. The molecule has 7 heteroatoms. The molecule has 128 valence electrons. The van der Waals surface area contributed by atoms with Crippen LogP contribution in [0.25, 0.3) is 0 Å². The molecule has 1 aliphatic rings. The predicted octanol–water partition coefficient (Wildman–Crippen LogP) is 2.57. The fourth-order valence-corrected chi connectivity index (χ4v) is 4.05. The van der Waals surface area contributed by atoms with Crippen molar-refractivity contribution in [1.29, 1.82) is 0 Å². The predicted molar refractivity (Wildman–Crippen MR) is 95.0 cm³/mol. The van der Waals surface area contributed by atoms with Crippen molar-refractivity contribution in [3.05, 3.63) is 34.1 Å². The number of carbonyl (C=O) groups is 1. The van der Waals surface area contributed by atoms with Crippen LogP contribution in [0, 0.1) is 19.8 Å². The average molecular weight is 345 g/mol. The topological polar surface area (TPSA) is 71.0 Å². The molecule has 2 aromatic heterocycles. The highest BCUT2D eigenvalue weighted by Crippen LogP contribution is 2.25. The van der Waals surface area contributed by atoms with E-state index in [9.17, 15) is 4.79 Å². The van der Waals surface area contributed by atoms with Crippen LogP contribution in [0.3, 0.4) is 0 Å². The van der Waals surface area contributed by atoms with Crippen molar-refractivity contribution >= 4 is 22.4 Å². The quantitative estimate of drug-likeness (QED) is 0.902. The van der Waals surface area contributed by atoms with E-state index in [1.165, 1.54) is 23.8 Å². The number of aromatic nitrogens is 3. The van der Waals surface area contributed by atoms with Gasteiger partial charge in [-0.1, -0.05) is 0 Å². The second kappa shape index (κ2) is 7.36. The van der Waals surface area contributed by atoms with Gasteiger partial charge in [0.15, 0.2) is 5.13 Å². The minimum Gasteiger partial charge on any atom is -0.302 e. The van der Waals surface area contributed by atoms with E-state index in [-0.39, 0.29) is 5.91 Å². The smallest absolute Gasteiger partial charge is 0.223 e. The van der Waals surface area contributed by atoms with Crippen LogP contribution >= 0.6 is 11.3 Å². The van der Waals surface area contributed by atoms with Crippen LogP contribution in [0.15, 0.2) is 12.3 Å². The first-order chi connectivity index (χ1) is 11.5. The van der Waals surface area contributed by atoms with Gasteiger partial charge in [0.2, 0.25) is 5.91 Å². The molecule has 1 amide bonds. The monoisotopic (exact) mass is 345 g/mol. The number of amides is 1. The maximum Gasteiger partial charge on any atom is 0.223 e. The van der Waals surface area contributed by atoms with Crippen molar-refractivity contribution in [3.63, 3.8) is 0 Å². The summed E-state index contributed by atoms with van der Waals surface area (Å²) in [6.07, 6.45) is 4.04. The molecule has 1 aliphatic heterocycles. The van der Waals surface area contributed by atoms with E-state index in [1.807, 2.05) is 13.1 Å². The van der Waals surface area contributed by atoms with Crippen molar-refractivity contribution < 1.29 is 4.79 Å². The molecule has 1 N–H and O–H groups in total. The molecule has 1 saturated heterocycles. The number of hydrogen-bond donors (Lipinski definition) is 1. The molecule has 6 nitrogen and oxygen atoms in total. The van der Waals surface area contributed by atoms with Crippen LogP contribution in [0.1, 0.15) is 35.2 Å². The first-order valence-electron chi connectivity index (χ1n) is 8.24. The number of carbonyl (C=O) groups excluding carboxylic acids is 1. The maximum absolute atomic E-state index is 11.1. The van der Waals surface area contributed by atoms with Crippen LogP contribution in [-0.4, -0.2) is 39.1 Å². The minimum atomic E-state index is -0.0771. The highest BCUT2D eigenvalue weighted by molar-refractivity contribution is 7.15. The van der Waals surface area contributed by atoms with Crippen LogP contribution in [0.2, 0.25) is 0 Å². The Morgan fingerprint density at radius 1 is 1.42 bits per heavy atom. The van der Waals surface area contributed by atoms with Crippen LogP contribution < -0.4 is 5.32 Å². The molecule has 2 aromatic rings. The molecule has 0 bridgehead atoms. The maximum atomic E-state index is 11.1. The number of rotatable bonds is 5. The number of nitrogens with zero attached hydrogens (tertiary/aromatic N) is 4. The van der Waals surface area contributed by atoms with E-state index in [0.717, 1.165) is 37.4 Å². The second-order valence-corrected chi connectivity index (χ2v) is 7.64. The lowest BCUT2D eigenvalue weighted by molar-refractivity contribution is -0.114. The first kappa shape index (κ1) is 17.0. The summed E-state index contributed by atoms with van der Waals surface area (Å²) in [5.41, 5.74) is 3.34. The number of likely N-dealkylation sites (tertiary alicyclic amines) is 1. The van der Waals surface area contributed by atoms with Gasteiger partial charge in [0.25, 0.3) is 0 Å². The Morgan fingerprint density at radius 2 is 2.25 bits per heavy atom. The number of hydrogen-bond acceptors (Lipinski definition) is 6. The molecule has 0 aromatic carbocycles. The molecule has 0 spiro atoms. The number of thiazole rings is 1. The van der Waals surface area contributed by atoms with Crippen LogP contribution in [-0.2, 0) is 17.8 Å². The van der Waals surface area contributed by atoms with Gasteiger partial charge < -0.3 is 5.32 Å². The highest BCUT2D eigenvalue weighted by atomic mass is 32.1. The van der Waals surface area contributed by atoms with E-state index in [1.54, 1.807) is 11.3 Å². The highest BCUT2D eigenvalue weighted by Gasteiger charge is 2.24. The normalized spacial score (nSPS) is 18.0. The lowest BCUT2D eigenvalue weighted by Gasteiger charge is -2.15. The minimum absolute atomic E-state index is 0.0771. The number of aryl methyl sites for hydroxylation is 2. The molecular formula is C17H23N5OS. The van der Waals surface area contributed by atoms with Gasteiger partial charge in [-0.2, -0.15) is 10.2 Å². The van der Waals surface area contributed by atoms with Crippen LogP contribution in [0.5, 0.6) is 0 Å². The Bertz CT molecular complexity index is 730. The summed E-state index contributed by atoms with van der Waals surface area (Å²) in [6.45, 7) is 8.66. The van der Waals surface area contributed by atoms with Crippen molar-refractivity contribution in [2.24, 2.45) is 5.92 Å². The molecule has 24 heavy (non-hydrogen) atoms. The van der Waals surface area contributed by atoms with E-state index in [2.05, 4.69) is 38.4 Å². The molecule has 1 fully saturated rings.